The monoisotopic (exact) mass is 299 g/mol. The van der Waals surface area contributed by atoms with Gasteiger partial charge in [0.25, 0.3) is 0 Å². The van der Waals surface area contributed by atoms with E-state index in [9.17, 15) is 9.90 Å². The van der Waals surface area contributed by atoms with Crippen LogP contribution in [0.3, 0.4) is 0 Å². The summed E-state index contributed by atoms with van der Waals surface area (Å²) in [6.07, 6.45) is 0. The van der Waals surface area contributed by atoms with Crippen molar-refractivity contribution >= 4 is 27.4 Å². The maximum Gasteiger partial charge on any atom is 0.337 e. The predicted octanol–water partition coefficient (Wildman–Crippen LogP) is 3.66. The van der Waals surface area contributed by atoms with Gasteiger partial charge in [-0.2, -0.15) is 0 Å². The molecule has 4 nitrogen and oxygen atoms in total. The van der Waals surface area contributed by atoms with Crippen molar-refractivity contribution in [3.63, 3.8) is 0 Å². The molecule has 0 unspecified atom stereocenters. The van der Waals surface area contributed by atoms with Gasteiger partial charge in [-0.1, -0.05) is 42.5 Å². The fourth-order valence-electron chi connectivity index (χ4n) is 2.40. The first-order valence-electron chi connectivity index (χ1n) is 6.37. The van der Waals surface area contributed by atoms with Gasteiger partial charge in [0.2, 0.25) is 0 Å². The molecule has 21 heavy (non-hydrogen) atoms. The maximum atomic E-state index is 11.7. The van der Waals surface area contributed by atoms with Gasteiger partial charge >= 0.3 is 5.97 Å². The van der Waals surface area contributed by atoms with E-state index in [2.05, 4.69) is 0 Å². The standard InChI is InChI=1S/C16H13NO3S/c17-20-9-10-5-1-2-6-11(10)15-14(16(18)19)12-7-3-4-8-13(12)21-15/h1-8H,9,17H2,(H,18,19). The first-order chi connectivity index (χ1) is 10.2. The first kappa shape index (κ1) is 13.8. The number of thiophene rings is 1. The Morgan fingerprint density at radius 3 is 2.62 bits per heavy atom. The number of carbonyl (C=O) groups is 1. The van der Waals surface area contributed by atoms with Crippen LogP contribution in [0.4, 0.5) is 0 Å². The number of rotatable bonds is 4. The third-order valence-corrected chi connectivity index (χ3v) is 4.51. The molecule has 0 saturated carbocycles. The zero-order chi connectivity index (χ0) is 14.8. The number of hydrogen-bond acceptors (Lipinski definition) is 4. The Balaban J connectivity index is 2.30. The van der Waals surface area contributed by atoms with Gasteiger partial charge in [0.1, 0.15) is 0 Å². The van der Waals surface area contributed by atoms with Crippen LogP contribution in [0.1, 0.15) is 15.9 Å². The van der Waals surface area contributed by atoms with Gasteiger partial charge in [-0.15, -0.1) is 11.3 Å². The van der Waals surface area contributed by atoms with Crippen LogP contribution in [0.15, 0.2) is 48.5 Å². The minimum Gasteiger partial charge on any atom is -0.478 e. The van der Waals surface area contributed by atoms with Crippen molar-refractivity contribution in [2.24, 2.45) is 5.90 Å². The molecule has 1 heterocycles. The summed E-state index contributed by atoms with van der Waals surface area (Å²) in [4.78, 5) is 17.1. The molecule has 0 atom stereocenters. The molecule has 3 N–H and O–H groups in total. The fourth-order valence-corrected chi connectivity index (χ4v) is 3.66. The van der Waals surface area contributed by atoms with Crippen molar-refractivity contribution in [3.8, 4) is 10.4 Å². The number of fused-ring (bicyclic) bond motifs is 1. The zero-order valence-corrected chi connectivity index (χ0v) is 11.9. The highest BCUT2D eigenvalue weighted by Crippen LogP contribution is 2.40. The van der Waals surface area contributed by atoms with Crippen LogP contribution in [-0.2, 0) is 11.4 Å². The Bertz CT molecular complexity index is 810. The van der Waals surface area contributed by atoms with Crippen LogP contribution in [0.25, 0.3) is 20.5 Å². The number of benzene rings is 2. The Morgan fingerprint density at radius 1 is 1.14 bits per heavy atom. The van der Waals surface area contributed by atoms with Crippen molar-refractivity contribution in [3.05, 3.63) is 59.7 Å². The van der Waals surface area contributed by atoms with Crippen LogP contribution in [0, 0.1) is 0 Å². The first-order valence-corrected chi connectivity index (χ1v) is 7.19. The lowest BCUT2D eigenvalue weighted by molar-refractivity contribution is 0.0700. The van der Waals surface area contributed by atoms with Crippen LogP contribution in [-0.4, -0.2) is 11.1 Å². The summed E-state index contributed by atoms with van der Waals surface area (Å²) < 4.78 is 0.952. The number of hydrogen-bond donors (Lipinski definition) is 2. The predicted molar refractivity (Wildman–Crippen MR) is 83.2 cm³/mol. The minimum atomic E-state index is -0.925. The SMILES string of the molecule is NOCc1ccccc1-c1sc2ccccc2c1C(=O)O. The molecular formula is C16H13NO3S. The van der Waals surface area contributed by atoms with Gasteiger partial charge < -0.3 is 5.11 Å². The van der Waals surface area contributed by atoms with Crippen LogP contribution in [0.2, 0.25) is 0 Å². The molecule has 3 rings (SSSR count). The lowest BCUT2D eigenvalue weighted by Gasteiger charge is -2.07. The molecule has 3 aromatic rings. The highest BCUT2D eigenvalue weighted by Gasteiger charge is 2.20. The summed E-state index contributed by atoms with van der Waals surface area (Å²) in [5.41, 5.74) is 2.05. The highest BCUT2D eigenvalue weighted by molar-refractivity contribution is 7.22. The highest BCUT2D eigenvalue weighted by atomic mass is 32.1. The van der Waals surface area contributed by atoms with Gasteiger partial charge in [-0.3, -0.25) is 4.84 Å². The summed E-state index contributed by atoms with van der Waals surface area (Å²) >= 11 is 1.47. The quantitative estimate of drug-likeness (QED) is 0.721. The molecule has 0 spiro atoms. The molecule has 0 bridgehead atoms. The van der Waals surface area contributed by atoms with E-state index in [1.807, 2.05) is 48.5 Å². The van der Waals surface area contributed by atoms with E-state index in [1.165, 1.54) is 11.3 Å². The fraction of sp³-hybridized carbons (Fsp3) is 0.0625. The Morgan fingerprint density at radius 2 is 1.86 bits per heavy atom. The van der Waals surface area contributed by atoms with Gasteiger partial charge in [0.15, 0.2) is 0 Å². The molecule has 0 radical (unpaired) electrons. The largest absolute Gasteiger partial charge is 0.478 e. The van der Waals surface area contributed by atoms with Crippen LogP contribution in [0.5, 0.6) is 0 Å². The number of aromatic carboxylic acids is 1. The zero-order valence-electron chi connectivity index (χ0n) is 11.1. The lowest BCUT2D eigenvalue weighted by atomic mass is 10.0. The van der Waals surface area contributed by atoms with E-state index in [-0.39, 0.29) is 6.61 Å². The maximum absolute atomic E-state index is 11.7. The van der Waals surface area contributed by atoms with Crippen molar-refractivity contribution < 1.29 is 14.7 Å². The van der Waals surface area contributed by atoms with E-state index in [0.717, 1.165) is 26.1 Å². The van der Waals surface area contributed by atoms with Crippen LogP contribution < -0.4 is 5.90 Å². The Hall–Kier alpha value is -2.21. The topological polar surface area (TPSA) is 72.5 Å². The third-order valence-electron chi connectivity index (χ3n) is 3.31. The third kappa shape index (κ3) is 2.42. The second-order valence-corrected chi connectivity index (χ2v) is 5.63. The van der Waals surface area contributed by atoms with Gasteiger partial charge in [0, 0.05) is 10.1 Å². The van der Waals surface area contributed by atoms with E-state index >= 15 is 0 Å². The average molecular weight is 299 g/mol. The summed E-state index contributed by atoms with van der Waals surface area (Å²) in [5.74, 6) is 4.24. The van der Waals surface area contributed by atoms with Crippen LogP contribution >= 0.6 is 11.3 Å². The van der Waals surface area contributed by atoms with E-state index in [0.29, 0.717) is 5.56 Å². The van der Waals surface area contributed by atoms with E-state index < -0.39 is 5.97 Å². The molecule has 0 fully saturated rings. The van der Waals surface area contributed by atoms with E-state index in [1.54, 1.807) is 0 Å². The Labute approximate surface area is 125 Å². The lowest BCUT2D eigenvalue weighted by Crippen LogP contribution is -2.02. The normalized spacial score (nSPS) is 10.9. The molecule has 0 amide bonds. The molecular weight excluding hydrogens is 286 g/mol. The summed E-state index contributed by atoms with van der Waals surface area (Å²) in [6, 6.07) is 15.1. The smallest absolute Gasteiger partial charge is 0.337 e. The number of carboxylic acid groups (broad SMARTS) is 1. The van der Waals surface area contributed by atoms with Crippen molar-refractivity contribution in [1.29, 1.82) is 0 Å². The number of nitrogens with two attached hydrogens (primary N) is 1. The molecule has 1 aromatic heterocycles. The van der Waals surface area contributed by atoms with Gasteiger partial charge in [0.05, 0.1) is 17.0 Å². The second-order valence-electron chi connectivity index (χ2n) is 4.58. The van der Waals surface area contributed by atoms with E-state index in [4.69, 9.17) is 10.7 Å². The molecule has 0 aliphatic rings. The summed E-state index contributed by atoms with van der Waals surface area (Å²) in [6.45, 7) is 0.240. The minimum absolute atomic E-state index is 0.240. The molecule has 0 aliphatic carbocycles. The van der Waals surface area contributed by atoms with Crippen molar-refractivity contribution in [2.45, 2.75) is 6.61 Å². The molecule has 0 aliphatic heterocycles. The van der Waals surface area contributed by atoms with Gasteiger partial charge in [-0.05, 0) is 17.2 Å². The molecule has 5 heteroatoms. The molecule has 2 aromatic carbocycles. The molecule has 106 valence electrons. The van der Waals surface area contributed by atoms with Crippen molar-refractivity contribution in [2.75, 3.05) is 0 Å². The number of carboxylic acids is 1. The second kappa shape index (κ2) is 5.65. The van der Waals surface area contributed by atoms with Crippen molar-refractivity contribution in [1.82, 2.24) is 0 Å². The average Bonchev–Trinajstić information content (AvgIpc) is 2.87. The van der Waals surface area contributed by atoms with Gasteiger partial charge in [-0.25, -0.2) is 10.7 Å². The molecule has 0 saturated heterocycles. The summed E-state index contributed by atoms with van der Waals surface area (Å²) in [7, 11) is 0. The summed E-state index contributed by atoms with van der Waals surface area (Å²) in [5, 5.41) is 10.3. The Kier molecular flexibility index (Phi) is 3.70.